The van der Waals surface area contributed by atoms with E-state index >= 15 is 0 Å². The lowest BCUT2D eigenvalue weighted by Crippen LogP contribution is -2.64. The molecule has 0 aromatic carbocycles. The van der Waals surface area contributed by atoms with E-state index in [9.17, 15) is 4.79 Å². The molecule has 8 nitrogen and oxygen atoms in total. The van der Waals surface area contributed by atoms with Gasteiger partial charge in [-0.3, -0.25) is 20.1 Å². The Kier molecular flexibility index (Phi) is 6.19. The predicted octanol–water partition coefficient (Wildman–Crippen LogP) is 6.18. The summed E-state index contributed by atoms with van der Waals surface area (Å²) >= 11 is 0. The monoisotopic (exact) mass is 615 g/mol. The van der Waals surface area contributed by atoms with Gasteiger partial charge in [0.1, 0.15) is 11.5 Å². The third kappa shape index (κ3) is 3.75. The van der Waals surface area contributed by atoms with Gasteiger partial charge >= 0.3 is 0 Å². The molecule has 2 aromatic heterocycles. The summed E-state index contributed by atoms with van der Waals surface area (Å²) in [5.41, 5.74) is 13.8. The molecular formula is C37H57N7O. The predicted molar refractivity (Wildman–Crippen MR) is 181 cm³/mol. The first-order valence-electron chi connectivity index (χ1n) is 18.0. The van der Waals surface area contributed by atoms with Gasteiger partial charge in [-0.25, -0.2) is 0 Å². The lowest BCUT2D eigenvalue weighted by atomic mass is 9.33. The average molecular weight is 616 g/mol. The summed E-state index contributed by atoms with van der Waals surface area (Å²) in [6.07, 6.45) is 13.3. The molecule has 3 heterocycles. The van der Waals surface area contributed by atoms with Gasteiger partial charge in [-0.05, 0) is 97.2 Å². The number of nitrogen functional groups attached to an aromatic ring is 1. The van der Waals surface area contributed by atoms with E-state index in [1.165, 1.54) is 49.1 Å². The number of nitrogens with zero attached hydrogens (tertiary/aromatic N) is 2. The Balaban J connectivity index is 1.24. The molecular weight excluding hydrogens is 558 g/mol. The van der Waals surface area contributed by atoms with Gasteiger partial charge in [-0.2, -0.15) is 5.10 Å². The first-order chi connectivity index (χ1) is 21.2. The minimum Gasteiger partial charge on any atom is -0.382 e. The maximum Gasteiger partial charge on any atom is 0.287 e. The molecule has 7 atom stereocenters. The van der Waals surface area contributed by atoms with Crippen LogP contribution < -0.4 is 21.5 Å². The Hall–Kier alpha value is -2.48. The molecule has 1 saturated heterocycles. The second kappa shape index (κ2) is 9.32. The number of piperazine rings is 1. The van der Waals surface area contributed by atoms with Crippen LogP contribution in [0.3, 0.4) is 0 Å². The number of allylic oxidation sites excluding steroid dienone is 2. The summed E-state index contributed by atoms with van der Waals surface area (Å²) < 4.78 is 0. The van der Waals surface area contributed by atoms with E-state index in [-0.39, 0.29) is 38.0 Å². The van der Waals surface area contributed by atoms with Gasteiger partial charge < -0.3 is 16.0 Å². The molecule has 3 saturated carbocycles. The standard InChI is InChI=1S/C37H57N7O/c1-32(2)12-14-37(29-27(31(45)43-41-29)44-18-16-39-17-19-44)15-13-35(6)23(24(37)21-32)8-9-26-34(5)20-22-28(40-42-30(22)38)33(3,4)25(34)10-11-36(26,35)7/h8,24-26,39H,9-21H2,1-7H3,(H3,38,40,42)(H2,41,43,45)/t24-,25-,26?,34-,35+,36+,37-/m0/s1. The summed E-state index contributed by atoms with van der Waals surface area (Å²) in [5, 5.41) is 18.0. The van der Waals surface area contributed by atoms with E-state index in [0.717, 1.165) is 57.5 Å². The van der Waals surface area contributed by atoms with Crippen LogP contribution in [0.5, 0.6) is 0 Å². The van der Waals surface area contributed by atoms with Gasteiger partial charge in [-0.15, -0.1) is 0 Å². The van der Waals surface area contributed by atoms with E-state index in [0.29, 0.717) is 23.6 Å². The average Bonchev–Trinajstić information content (AvgIpc) is 3.56. The number of fused-ring (bicyclic) bond motifs is 8. The van der Waals surface area contributed by atoms with Crippen LogP contribution >= 0.6 is 0 Å². The molecule has 246 valence electrons. The molecule has 0 spiro atoms. The van der Waals surface area contributed by atoms with Crippen molar-refractivity contribution in [2.75, 3.05) is 36.8 Å². The third-order valence-corrected chi connectivity index (χ3v) is 15.6. The number of nitrogens with one attached hydrogen (secondary N) is 4. The van der Waals surface area contributed by atoms with Crippen molar-refractivity contribution in [3.05, 3.63) is 39.0 Å². The summed E-state index contributed by atoms with van der Waals surface area (Å²) in [7, 11) is 0. The van der Waals surface area contributed by atoms with Crippen molar-refractivity contribution >= 4 is 11.5 Å². The highest BCUT2D eigenvalue weighted by Crippen LogP contribution is 2.75. The van der Waals surface area contributed by atoms with Gasteiger partial charge in [0.2, 0.25) is 0 Å². The highest BCUT2D eigenvalue weighted by atomic mass is 16.1. The summed E-state index contributed by atoms with van der Waals surface area (Å²) in [5.74, 6) is 2.33. The van der Waals surface area contributed by atoms with Gasteiger partial charge in [0, 0.05) is 48.3 Å². The van der Waals surface area contributed by atoms with Crippen molar-refractivity contribution in [1.82, 2.24) is 25.7 Å². The molecule has 1 aliphatic heterocycles. The van der Waals surface area contributed by atoms with Crippen LogP contribution in [0.25, 0.3) is 0 Å². The number of anilines is 2. The Labute approximate surface area is 269 Å². The first kappa shape index (κ1) is 29.9. The van der Waals surface area contributed by atoms with Gasteiger partial charge in [0.15, 0.2) is 0 Å². The first-order valence-corrected chi connectivity index (χ1v) is 18.0. The van der Waals surface area contributed by atoms with Gasteiger partial charge in [0.05, 0.1) is 5.69 Å². The Morgan fingerprint density at radius 1 is 0.911 bits per heavy atom. The van der Waals surface area contributed by atoms with Crippen LogP contribution in [0.15, 0.2) is 16.4 Å². The van der Waals surface area contributed by atoms with Crippen LogP contribution in [-0.4, -0.2) is 46.6 Å². The number of nitrogens with two attached hydrogens (primary N) is 1. The van der Waals surface area contributed by atoms with Crippen molar-refractivity contribution in [1.29, 1.82) is 0 Å². The number of hydrogen-bond acceptors (Lipinski definition) is 5. The number of aromatic nitrogens is 4. The maximum atomic E-state index is 13.5. The van der Waals surface area contributed by atoms with E-state index in [4.69, 9.17) is 5.73 Å². The van der Waals surface area contributed by atoms with Crippen LogP contribution in [0.1, 0.15) is 117 Å². The fraction of sp³-hybridized carbons (Fsp3) is 0.784. The molecule has 6 aliphatic rings. The zero-order valence-corrected chi connectivity index (χ0v) is 28.9. The van der Waals surface area contributed by atoms with Crippen molar-refractivity contribution in [3.8, 4) is 0 Å². The van der Waals surface area contributed by atoms with E-state index < -0.39 is 0 Å². The number of hydrogen-bond donors (Lipinski definition) is 5. The van der Waals surface area contributed by atoms with Gasteiger partial charge in [-0.1, -0.05) is 60.1 Å². The smallest absolute Gasteiger partial charge is 0.287 e. The summed E-state index contributed by atoms with van der Waals surface area (Å²) in [4.78, 5) is 15.9. The van der Waals surface area contributed by atoms with Crippen LogP contribution in [0, 0.1) is 39.4 Å². The molecule has 0 bridgehead atoms. The quantitative estimate of drug-likeness (QED) is 0.259. The molecule has 8 heteroatoms. The molecule has 2 aromatic rings. The highest BCUT2D eigenvalue weighted by molar-refractivity contribution is 5.55. The van der Waals surface area contributed by atoms with Crippen molar-refractivity contribution in [2.45, 2.75) is 117 Å². The van der Waals surface area contributed by atoms with Gasteiger partial charge in [0.25, 0.3) is 5.56 Å². The largest absolute Gasteiger partial charge is 0.382 e. The zero-order valence-electron chi connectivity index (χ0n) is 28.9. The summed E-state index contributed by atoms with van der Waals surface area (Å²) in [6.45, 7) is 21.4. The van der Waals surface area contributed by atoms with Crippen molar-refractivity contribution < 1.29 is 0 Å². The molecule has 8 rings (SSSR count). The molecule has 0 amide bonds. The normalized spacial score (nSPS) is 41.6. The fourth-order valence-corrected chi connectivity index (χ4v) is 13.0. The number of aromatic amines is 3. The van der Waals surface area contributed by atoms with Crippen LogP contribution in [0.4, 0.5) is 11.5 Å². The minimum absolute atomic E-state index is 0.0226. The van der Waals surface area contributed by atoms with E-state index in [1.807, 2.05) is 0 Å². The molecule has 1 unspecified atom stereocenters. The fourth-order valence-electron chi connectivity index (χ4n) is 13.0. The zero-order chi connectivity index (χ0) is 31.8. The van der Waals surface area contributed by atoms with Crippen molar-refractivity contribution in [3.63, 3.8) is 0 Å². The second-order valence-corrected chi connectivity index (χ2v) is 18.3. The van der Waals surface area contributed by atoms with Crippen molar-refractivity contribution in [2.24, 2.45) is 39.4 Å². The topological polar surface area (TPSA) is 119 Å². The molecule has 4 fully saturated rings. The van der Waals surface area contributed by atoms with E-state index in [1.54, 1.807) is 5.57 Å². The lowest BCUT2D eigenvalue weighted by molar-refractivity contribution is -0.154. The molecule has 0 radical (unpaired) electrons. The number of H-pyrrole nitrogens is 3. The molecule has 5 aliphatic carbocycles. The van der Waals surface area contributed by atoms with Crippen LogP contribution in [0.2, 0.25) is 0 Å². The lowest BCUT2D eigenvalue weighted by Gasteiger charge is -2.71. The van der Waals surface area contributed by atoms with Crippen LogP contribution in [-0.2, 0) is 17.3 Å². The van der Waals surface area contributed by atoms with E-state index in [2.05, 4.69) is 85.2 Å². The SMILES string of the molecule is CC1(C)CC[C@]2(c3[nH][nH]c(=O)c3N3CCNCC3)CC[C@]3(C)C(=CCC4[C@@]5(C)Cc6c(N)n[nH]c6C(C)(C)[C@@H]5CC[C@]43C)[C@@H]2C1. The Morgan fingerprint density at radius 3 is 2.40 bits per heavy atom. The highest BCUT2D eigenvalue weighted by Gasteiger charge is 2.69. The molecule has 6 N–H and O–H groups in total. The second-order valence-electron chi connectivity index (χ2n) is 18.3. The summed E-state index contributed by atoms with van der Waals surface area (Å²) in [6, 6.07) is 0. The third-order valence-electron chi connectivity index (χ3n) is 15.6. The Bertz CT molecular complexity index is 1600. The number of rotatable bonds is 2. The Morgan fingerprint density at radius 2 is 1.64 bits per heavy atom. The minimum atomic E-state index is -0.0303. The molecule has 45 heavy (non-hydrogen) atoms. The maximum absolute atomic E-state index is 13.5.